The Bertz CT molecular complexity index is 710. The molecule has 1 amide bonds. The number of hydrogen-bond acceptors (Lipinski definition) is 3. The Labute approximate surface area is 148 Å². The Morgan fingerprint density at radius 1 is 1.20 bits per heavy atom. The van der Waals surface area contributed by atoms with Gasteiger partial charge in [-0.3, -0.25) is 14.7 Å². The van der Waals surface area contributed by atoms with Crippen molar-refractivity contribution < 1.29 is 9.18 Å². The minimum Gasteiger partial charge on any atom is -0.349 e. The van der Waals surface area contributed by atoms with Crippen LogP contribution < -0.4 is 5.32 Å². The molecule has 0 bridgehead atoms. The third-order valence-corrected chi connectivity index (χ3v) is 4.88. The van der Waals surface area contributed by atoms with Crippen LogP contribution in [0.25, 0.3) is 0 Å². The van der Waals surface area contributed by atoms with Crippen molar-refractivity contribution in [3.8, 4) is 0 Å². The smallest absolute Gasteiger partial charge is 0.254 e. The molecule has 0 spiro atoms. The van der Waals surface area contributed by atoms with Crippen molar-refractivity contribution in [3.05, 3.63) is 65.7 Å². The first kappa shape index (κ1) is 17.5. The van der Waals surface area contributed by atoms with E-state index in [1.54, 1.807) is 0 Å². The molecule has 1 aromatic heterocycles. The molecule has 2 aromatic rings. The van der Waals surface area contributed by atoms with Crippen LogP contribution in [0.2, 0.25) is 0 Å². The average Bonchev–Trinajstić information content (AvgIpc) is 2.59. The lowest BCUT2D eigenvalue weighted by Crippen LogP contribution is -2.54. The van der Waals surface area contributed by atoms with E-state index in [1.807, 2.05) is 6.07 Å². The van der Waals surface area contributed by atoms with Crippen LogP contribution in [0.5, 0.6) is 0 Å². The van der Waals surface area contributed by atoms with Crippen molar-refractivity contribution in [2.24, 2.45) is 11.8 Å². The third-order valence-electron chi connectivity index (χ3n) is 4.88. The van der Waals surface area contributed by atoms with Crippen LogP contribution in [0.3, 0.4) is 0 Å². The summed E-state index contributed by atoms with van der Waals surface area (Å²) >= 11 is 0. The van der Waals surface area contributed by atoms with Gasteiger partial charge in [-0.1, -0.05) is 44.2 Å². The van der Waals surface area contributed by atoms with Gasteiger partial charge in [0.15, 0.2) is 5.82 Å². The number of carbonyl (C=O) groups excluding carboxylic acids is 1. The number of pyridine rings is 1. The van der Waals surface area contributed by atoms with Crippen LogP contribution in [0.1, 0.15) is 29.8 Å². The molecule has 2 atom stereocenters. The molecule has 1 N–H and O–H groups in total. The van der Waals surface area contributed by atoms with Crippen LogP contribution in [0, 0.1) is 17.7 Å². The summed E-state index contributed by atoms with van der Waals surface area (Å²) in [6.07, 6.45) is 2.51. The lowest BCUT2D eigenvalue weighted by atomic mass is 9.85. The quantitative estimate of drug-likeness (QED) is 0.929. The zero-order valence-corrected chi connectivity index (χ0v) is 14.7. The largest absolute Gasteiger partial charge is 0.349 e. The second-order valence-electron chi connectivity index (χ2n) is 6.99. The van der Waals surface area contributed by atoms with Crippen molar-refractivity contribution >= 4 is 5.91 Å². The molecule has 0 radical (unpaired) electrons. The van der Waals surface area contributed by atoms with E-state index >= 15 is 0 Å². The molecule has 3 rings (SSSR count). The summed E-state index contributed by atoms with van der Waals surface area (Å²) in [4.78, 5) is 18.5. The van der Waals surface area contributed by atoms with Crippen LogP contribution in [0.15, 0.2) is 48.8 Å². The van der Waals surface area contributed by atoms with Gasteiger partial charge in [0.1, 0.15) is 0 Å². The molecule has 1 aliphatic heterocycles. The Balaban J connectivity index is 1.63. The van der Waals surface area contributed by atoms with Gasteiger partial charge in [0.2, 0.25) is 0 Å². The maximum Gasteiger partial charge on any atom is 0.254 e. The van der Waals surface area contributed by atoms with Gasteiger partial charge < -0.3 is 5.32 Å². The third kappa shape index (κ3) is 4.23. The van der Waals surface area contributed by atoms with Gasteiger partial charge in [0.05, 0.1) is 11.8 Å². The Hall–Kier alpha value is -2.27. The normalized spacial score (nSPS) is 24.0. The lowest BCUT2D eigenvalue weighted by molar-refractivity contribution is 0.0730. The van der Waals surface area contributed by atoms with Gasteiger partial charge in [0, 0.05) is 31.9 Å². The van der Waals surface area contributed by atoms with E-state index in [9.17, 15) is 9.18 Å². The molecule has 25 heavy (non-hydrogen) atoms. The van der Waals surface area contributed by atoms with E-state index in [0.717, 1.165) is 25.8 Å². The molecule has 0 aliphatic carbocycles. The SMILES string of the molecule is CC1CN(Cc2ccccc2)CC(C)C1NC(=O)c1ccncc1F. The summed E-state index contributed by atoms with van der Waals surface area (Å²) in [5.74, 6) is -0.357. The number of hydrogen-bond donors (Lipinski definition) is 1. The zero-order valence-electron chi connectivity index (χ0n) is 14.7. The van der Waals surface area contributed by atoms with Crippen molar-refractivity contribution in [1.82, 2.24) is 15.2 Å². The molecule has 132 valence electrons. The number of rotatable bonds is 4. The summed E-state index contributed by atoms with van der Waals surface area (Å²) in [6.45, 7) is 7.00. The minimum atomic E-state index is -0.582. The first-order valence-corrected chi connectivity index (χ1v) is 8.71. The maximum absolute atomic E-state index is 13.8. The molecule has 1 aromatic carbocycles. The topological polar surface area (TPSA) is 45.2 Å². The predicted molar refractivity (Wildman–Crippen MR) is 95.5 cm³/mol. The van der Waals surface area contributed by atoms with Crippen molar-refractivity contribution in [2.75, 3.05) is 13.1 Å². The van der Waals surface area contributed by atoms with E-state index in [4.69, 9.17) is 0 Å². The molecule has 4 nitrogen and oxygen atoms in total. The highest BCUT2D eigenvalue weighted by Crippen LogP contribution is 2.24. The number of likely N-dealkylation sites (tertiary alicyclic amines) is 1. The number of halogens is 1. The first-order chi connectivity index (χ1) is 12.0. The average molecular weight is 341 g/mol. The number of amides is 1. The van der Waals surface area contributed by atoms with Gasteiger partial charge in [-0.05, 0) is 23.5 Å². The van der Waals surface area contributed by atoms with Gasteiger partial charge in [0.25, 0.3) is 5.91 Å². The molecule has 2 unspecified atom stereocenters. The number of carbonyl (C=O) groups is 1. The fourth-order valence-electron chi connectivity index (χ4n) is 3.72. The molecular formula is C20H24FN3O. The minimum absolute atomic E-state index is 0.0343. The van der Waals surface area contributed by atoms with Gasteiger partial charge in [-0.2, -0.15) is 0 Å². The number of piperidine rings is 1. The van der Waals surface area contributed by atoms with Gasteiger partial charge in [-0.25, -0.2) is 4.39 Å². The Kier molecular flexibility index (Phi) is 5.43. The second kappa shape index (κ2) is 7.74. The number of aromatic nitrogens is 1. The number of nitrogens with zero attached hydrogens (tertiary/aromatic N) is 2. The fraction of sp³-hybridized carbons (Fsp3) is 0.400. The molecule has 1 aliphatic rings. The highest BCUT2D eigenvalue weighted by Gasteiger charge is 2.33. The van der Waals surface area contributed by atoms with E-state index in [-0.39, 0.29) is 17.5 Å². The summed E-state index contributed by atoms with van der Waals surface area (Å²) in [7, 11) is 0. The predicted octanol–water partition coefficient (Wildman–Crippen LogP) is 3.11. The Morgan fingerprint density at radius 3 is 2.52 bits per heavy atom. The van der Waals surface area contributed by atoms with Crippen molar-refractivity contribution in [3.63, 3.8) is 0 Å². The maximum atomic E-state index is 13.8. The van der Waals surface area contributed by atoms with Crippen molar-refractivity contribution in [1.29, 1.82) is 0 Å². The highest BCUT2D eigenvalue weighted by molar-refractivity contribution is 5.94. The van der Waals surface area contributed by atoms with Crippen LogP contribution >= 0.6 is 0 Å². The van der Waals surface area contributed by atoms with Crippen LogP contribution in [-0.4, -0.2) is 34.9 Å². The molecular weight excluding hydrogens is 317 g/mol. The number of nitrogens with one attached hydrogen (secondary N) is 1. The van der Waals surface area contributed by atoms with Crippen molar-refractivity contribution in [2.45, 2.75) is 26.4 Å². The molecule has 5 heteroatoms. The summed E-state index contributed by atoms with van der Waals surface area (Å²) in [5, 5.41) is 3.03. The monoisotopic (exact) mass is 341 g/mol. The summed E-state index contributed by atoms with van der Waals surface area (Å²) in [6, 6.07) is 11.9. The standard InChI is InChI=1S/C20H24FN3O/c1-14-11-24(13-16-6-4-3-5-7-16)12-15(2)19(14)23-20(25)17-8-9-22-10-18(17)21/h3-10,14-15,19H,11-13H2,1-2H3,(H,23,25). The van der Waals surface area contributed by atoms with Crippen LogP contribution in [0.4, 0.5) is 4.39 Å². The van der Waals surface area contributed by atoms with Gasteiger partial charge in [-0.15, -0.1) is 0 Å². The van der Waals surface area contributed by atoms with E-state index < -0.39 is 5.82 Å². The molecule has 1 fully saturated rings. The van der Waals surface area contributed by atoms with E-state index in [2.05, 4.69) is 53.3 Å². The van der Waals surface area contributed by atoms with E-state index in [1.165, 1.54) is 17.8 Å². The van der Waals surface area contributed by atoms with Gasteiger partial charge >= 0.3 is 0 Å². The highest BCUT2D eigenvalue weighted by atomic mass is 19.1. The fourth-order valence-corrected chi connectivity index (χ4v) is 3.72. The molecule has 1 saturated heterocycles. The first-order valence-electron chi connectivity index (χ1n) is 8.71. The van der Waals surface area contributed by atoms with Crippen LogP contribution in [-0.2, 0) is 6.54 Å². The van der Waals surface area contributed by atoms with E-state index in [0.29, 0.717) is 11.8 Å². The lowest BCUT2D eigenvalue weighted by Gasteiger charge is -2.41. The molecule has 2 heterocycles. The summed E-state index contributed by atoms with van der Waals surface area (Å²) < 4.78 is 13.8. The number of benzene rings is 1. The summed E-state index contributed by atoms with van der Waals surface area (Å²) in [5.41, 5.74) is 1.35. The Morgan fingerprint density at radius 2 is 1.88 bits per heavy atom. The molecule has 0 saturated carbocycles. The zero-order chi connectivity index (χ0) is 17.8. The second-order valence-corrected chi connectivity index (χ2v) is 6.99.